The molecule has 0 aromatic heterocycles. The van der Waals surface area contributed by atoms with Gasteiger partial charge in [-0.25, -0.2) is 0 Å². The first-order chi connectivity index (χ1) is 6.65. The SMILES string of the molecule is O=C(O)CC1=CN2C=C(Br)C=CC2N1. The predicted octanol–water partition coefficient (Wildman–Crippen LogP) is 1.34. The summed E-state index contributed by atoms with van der Waals surface area (Å²) in [7, 11) is 0. The molecule has 74 valence electrons. The van der Waals surface area contributed by atoms with Crippen LogP contribution in [0.15, 0.2) is 34.7 Å². The highest BCUT2D eigenvalue weighted by atomic mass is 79.9. The summed E-state index contributed by atoms with van der Waals surface area (Å²) < 4.78 is 0.975. The Morgan fingerprint density at radius 3 is 3.14 bits per heavy atom. The molecule has 0 saturated heterocycles. The van der Waals surface area contributed by atoms with E-state index in [1.54, 1.807) is 0 Å². The van der Waals surface area contributed by atoms with E-state index in [0.29, 0.717) is 0 Å². The van der Waals surface area contributed by atoms with Crippen molar-refractivity contribution in [3.63, 3.8) is 0 Å². The molecule has 0 bridgehead atoms. The fourth-order valence-corrected chi connectivity index (χ4v) is 1.84. The molecular formula is C9H9BrN2O2. The van der Waals surface area contributed by atoms with Crippen LogP contribution in [0.3, 0.4) is 0 Å². The van der Waals surface area contributed by atoms with Crippen molar-refractivity contribution in [1.82, 2.24) is 10.2 Å². The molecule has 1 atom stereocenters. The Bertz CT molecular complexity index is 360. The smallest absolute Gasteiger partial charge is 0.309 e. The molecule has 0 radical (unpaired) electrons. The standard InChI is InChI=1S/C9H9BrN2O2/c10-6-1-2-8-11-7(3-9(13)14)5-12(8)4-6/h1-2,4-5,8,11H,3H2,(H,13,14). The molecule has 2 N–H and O–H groups in total. The molecule has 0 fully saturated rings. The molecule has 0 aromatic carbocycles. The summed E-state index contributed by atoms with van der Waals surface area (Å²) in [5.74, 6) is -0.823. The topological polar surface area (TPSA) is 52.6 Å². The number of carboxylic acid groups (broad SMARTS) is 1. The number of nitrogens with zero attached hydrogens (tertiary/aromatic N) is 1. The van der Waals surface area contributed by atoms with Gasteiger partial charge in [-0.3, -0.25) is 4.79 Å². The highest BCUT2D eigenvalue weighted by molar-refractivity contribution is 9.11. The Balaban J connectivity index is 2.10. The van der Waals surface area contributed by atoms with Gasteiger partial charge in [-0.1, -0.05) is 0 Å². The lowest BCUT2D eigenvalue weighted by Gasteiger charge is -2.22. The van der Waals surface area contributed by atoms with Crippen molar-refractivity contribution in [3.05, 3.63) is 34.7 Å². The summed E-state index contributed by atoms with van der Waals surface area (Å²) >= 11 is 3.35. The van der Waals surface area contributed by atoms with Gasteiger partial charge in [0, 0.05) is 22.6 Å². The number of carbonyl (C=O) groups is 1. The van der Waals surface area contributed by atoms with Gasteiger partial charge in [-0.05, 0) is 28.1 Å². The average molecular weight is 257 g/mol. The molecule has 2 aliphatic heterocycles. The lowest BCUT2D eigenvalue weighted by atomic mass is 10.3. The molecule has 0 saturated carbocycles. The van der Waals surface area contributed by atoms with E-state index in [9.17, 15) is 4.79 Å². The highest BCUT2D eigenvalue weighted by Gasteiger charge is 2.23. The normalized spacial score (nSPS) is 23.8. The third kappa shape index (κ3) is 1.82. The van der Waals surface area contributed by atoms with Crippen molar-refractivity contribution >= 4 is 21.9 Å². The Hall–Kier alpha value is -1.23. The molecule has 0 aromatic rings. The fraction of sp³-hybridized carbons (Fsp3) is 0.222. The van der Waals surface area contributed by atoms with E-state index in [4.69, 9.17) is 5.11 Å². The van der Waals surface area contributed by atoms with Gasteiger partial charge in [-0.15, -0.1) is 0 Å². The van der Waals surface area contributed by atoms with E-state index in [1.165, 1.54) is 0 Å². The quantitative estimate of drug-likeness (QED) is 0.783. The van der Waals surface area contributed by atoms with Gasteiger partial charge in [0.1, 0.15) is 6.17 Å². The highest BCUT2D eigenvalue weighted by Crippen LogP contribution is 2.22. The van der Waals surface area contributed by atoms with E-state index < -0.39 is 5.97 Å². The average Bonchev–Trinajstić information content (AvgIpc) is 2.44. The summed E-state index contributed by atoms with van der Waals surface area (Å²) in [6.45, 7) is 0. The van der Waals surface area contributed by atoms with Crippen molar-refractivity contribution in [3.8, 4) is 0 Å². The van der Waals surface area contributed by atoms with Crippen LogP contribution in [0.4, 0.5) is 0 Å². The molecule has 2 aliphatic rings. The van der Waals surface area contributed by atoms with Crippen LogP contribution < -0.4 is 5.32 Å². The first-order valence-corrected chi connectivity index (χ1v) is 4.96. The fourth-order valence-electron chi connectivity index (χ4n) is 1.46. The largest absolute Gasteiger partial charge is 0.481 e. The predicted molar refractivity (Wildman–Crippen MR) is 55.2 cm³/mol. The van der Waals surface area contributed by atoms with Gasteiger partial charge in [-0.2, -0.15) is 0 Å². The van der Waals surface area contributed by atoms with Gasteiger partial charge in [0.25, 0.3) is 0 Å². The molecule has 2 rings (SSSR count). The first kappa shape index (κ1) is 9.33. The minimum absolute atomic E-state index is 0.0340. The number of hydrogen-bond acceptors (Lipinski definition) is 3. The zero-order valence-corrected chi connectivity index (χ0v) is 8.86. The van der Waals surface area contributed by atoms with E-state index in [0.717, 1.165) is 10.2 Å². The van der Waals surface area contributed by atoms with Crippen molar-refractivity contribution in [2.24, 2.45) is 0 Å². The molecule has 1 unspecified atom stereocenters. The van der Waals surface area contributed by atoms with E-state index in [-0.39, 0.29) is 12.6 Å². The van der Waals surface area contributed by atoms with Crippen LogP contribution in [0.25, 0.3) is 0 Å². The van der Waals surface area contributed by atoms with Gasteiger partial charge in [0.05, 0.1) is 6.42 Å². The number of rotatable bonds is 2. The maximum absolute atomic E-state index is 10.5. The number of carboxylic acids is 1. The van der Waals surface area contributed by atoms with Gasteiger partial charge in [0.2, 0.25) is 0 Å². The van der Waals surface area contributed by atoms with E-state index in [1.807, 2.05) is 29.5 Å². The van der Waals surface area contributed by atoms with Crippen molar-refractivity contribution in [2.75, 3.05) is 0 Å². The summed E-state index contributed by atoms with van der Waals surface area (Å²) in [6, 6.07) is 0. The number of halogens is 1. The van der Waals surface area contributed by atoms with Crippen molar-refractivity contribution in [2.45, 2.75) is 12.6 Å². The molecule has 0 aliphatic carbocycles. The molecular weight excluding hydrogens is 248 g/mol. The number of fused-ring (bicyclic) bond motifs is 1. The van der Waals surface area contributed by atoms with Crippen LogP contribution in [-0.4, -0.2) is 22.1 Å². The number of aliphatic carboxylic acids is 1. The van der Waals surface area contributed by atoms with E-state index >= 15 is 0 Å². The van der Waals surface area contributed by atoms with Crippen LogP contribution in [0.1, 0.15) is 6.42 Å². The molecule has 14 heavy (non-hydrogen) atoms. The maximum Gasteiger partial charge on any atom is 0.309 e. The van der Waals surface area contributed by atoms with Crippen LogP contribution in [0, 0.1) is 0 Å². The van der Waals surface area contributed by atoms with Crippen LogP contribution in [-0.2, 0) is 4.79 Å². The van der Waals surface area contributed by atoms with Crippen LogP contribution in [0.2, 0.25) is 0 Å². The number of allylic oxidation sites excluding steroid dienone is 2. The minimum Gasteiger partial charge on any atom is -0.481 e. The first-order valence-electron chi connectivity index (χ1n) is 4.17. The molecule has 0 amide bonds. The second kappa shape index (κ2) is 3.49. The zero-order chi connectivity index (χ0) is 10.1. The molecule has 2 heterocycles. The lowest BCUT2D eigenvalue weighted by Crippen LogP contribution is -2.32. The Labute approximate surface area is 89.7 Å². The molecule has 5 heteroatoms. The zero-order valence-electron chi connectivity index (χ0n) is 7.27. The Morgan fingerprint density at radius 1 is 1.64 bits per heavy atom. The van der Waals surface area contributed by atoms with Gasteiger partial charge < -0.3 is 15.3 Å². The lowest BCUT2D eigenvalue weighted by molar-refractivity contribution is -0.136. The summed E-state index contributed by atoms with van der Waals surface area (Å²) in [5.41, 5.74) is 0.727. The summed E-state index contributed by atoms with van der Waals surface area (Å²) in [4.78, 5) is 12.4. The Morgan fingerprint density at radius 2 is 2.43 bits per heavy atom. The molecule has 0 spiro atoms. The maximum atomic E-state index is 10.5. The van der Waals surface area contributed by atoms with E-state index in [2.05, 4.69) is 21.2 Å². The van der Waals surface area contributed by atoms with Crippen LogP contribution >= 0.6 is 15.9 Å². The molecule has 4 nitrogen and oxygen atoms in total. The van der Waals surface area contributed by atoms with Gasteiger partial charge in [0.15, 0.2) is 0 Å². The Kier molecular flexibility index (Phi) is 2.33. The van der Waals surface area contributed by atoms with Crippen LogP contribution in [0.5, 0.6) is 0 Å². The number of hydrogen-bond donors (Lipinski definition) is 2. The van der Waals surface area contributed by atoms with Crippen molar-refractivity contribution < 1.29 is 9.90 Å². The second-order valence-electron chi connectivity index (χ2n) is 3.13. The minimum atomic E-state index is -0.823. The third-order valence-electron chi connectivity index (χ3n) is 2.01. The van der Waals surface area contributed by atoms with Gasteiger partial charge >= 0.3 is 5.97 Å². The third-order valence-corrected chi connectivity index (χ3v) is 2.48. The number of nitrogens with one attached hydrogen (secondary N) is 1. The monoisotopic (exact) mass is 256 g/mol. The second-order valence-corrected chi connectivity index (χ2v) is 4.05. The van der Waals surface area contributed by atoms with Crippen molar-refractivity contribution in [1.29, 1.82) is 0 Å². The summed E-state index contributed by atoms with van der Waals surface area (Å²) in [6.07, 6.45) is 7.72. The summed E-state index contributed by atoms with van der Waals surface area (Å²) in [5, 5.41) is 11.7.